The summed E-state index contributed by atoms with van der Waals surface area (Å²) in [6, 6.07) is 65.4. The van der Waals surface area contributed by atoms with Crippen molar-refractivity contribution in [2.75, 3.05) is 0 Å². The van der Waals surface area contributed by atoms with Gasteiger partial charge in [0, 0.05) is 43.6 Å². The highest BCUT2D eigenvalue weighted by Gasteiger charge is 2.24. The van der Waals surface area contributed by atoms with Crippen molar-refractivity contribution in [3.8, 4) is 45.5 Å². The minimum atomic E-state index is 0.536. The molecule has 0 bridgehead atoms. The molecule has 266 valence electrons. The second kappa shape index (κ2) is 12.3. The molecule has 0 amide bonds. The Bertz CT molecular complexity index is 3510. The van der Waals surface area contributed by atoms with Crippen molar-refractivity contribution in [1.29, 1.82) is 0 Å². The normalized spacial score (nSPS) is 11.9. The molecule has 0 unspecified atom stereocenters. The monoisotopic (exact) mass is 729 g/mol. The summed E-state index contributed by atoms with van der Waals surface area (Å²) in [5.74, 6) is 1.66. The van der Waals surface area contributed by atoms with Crippen molar-refractivity contribution >= 4 is 65.6 Å². The summed E-state index contributed by atoms with van der Waals surface area (Å²) in [6.45, 7) is 0. The van der Waals surface area contributed by atoms with Crippen molar-refractivity contribution in [1.82, 2.24) is 24.1 Å². The van der Waals surface area contributed by atoms with E-state index in [1.165, 1.54) is 0 Å². The van der Waals surface area contributed by atoms with Crippen LogP contribution in [0.3, 0.4) is 0 Å². The van der Waals surface area contributed by atoms with E-state index in [1.54, 1.807) is 0 Å². The first-order chi connectivity index (χ1) is 28.3. The van der Waals surface area contributed by atoms with Gasteiger partial charge in [-0.3, -0.25) is 4.57 Å². The largest absolute Gasteiger partial charge is 0.455 e. The third-order valence-corrected chi connectivity index (χ3v) is 11.2. The molecule has 12 rings (SSSR count). The van der Waals surface area contributed by atoms with Gasteiger partial charge in [0.15, 0.2) is 11.6 Å². The zero-order valence-electron chi connectivity index (χ0n) is 30.5. The van der Waals surface area contributed by atoms with Gasteiger partial charge in [0.1, 0.15) is 11.2 Å². The number of hydrogen-bond donors (Lipinski definition) is 0. The molecule has 0 aliphatic heterocycles. The molecular formula is C51H31N5O. The molecule has 0 saturated carbocycles. The number of benzene rings is 8. The van der Waals surface area contributed by atoms with Gasteiger partial charge in [-0.15, -0.1) is 0 Å². The predicted molar refractivity (Wildman–Crippen MR) is 232 cm³/mol. The van der Waals surface area contributed by atoms with E-state index in [0.717, 1.165) is 93.5 Å². The lowest BCUT2D eigenvalue weighted by molar-refractivity contribution is 0.669. The van der Waals surface area contributed by atoms with Crippen LogP contribution in [0, 0.1) is 0 Å². The molecule has 8 aromatic carbocycles. The van der Waals surface area contributed by atoms with Crippen LogP contribution in [0.4, 0.5) is 0 Å². The zero-order valence-corrected chi connectivity index (χ0v) is 30.5. The van der Waals surface area contributed by atoms with E-state index in [2.05, 4.69) is 155 Å². The first kappa shape index (κ1) is 31.5. The van der Waals surface area contributed by atoms with E-state index in [-0.39, 0.29) is 0 Å². The van der Waals surface area contributed by atoms with Crippen molar-refractivity contribution in [3.05, 3.63) is 188 Å². The Labute approximate surface area is 326 Å². The number of fused-ring (bicyclic) bond motifs is 10. The fraction of sp³-hybridized carbons (Fsp3) is 0. The molecule has 0 aliphatic rings. The summed E-state index contributed by atoms with van der Waals surface area (Å²) >= 11 is 0. The third-order valence-electron chi connectivity index (χ3n) is 11.2. The van der Waals surface area contributed by atoms with Crippen molar-refractivity contribution in [2.24, 2.45) is 0 Å². The molecule has 0 spiro atoms. The SMILES string of the molecule is c1ccc(-c2ccc3c(c2)oc2c(-c4nc(-c5ccccc5)nc(-n5c6ccccc6c6ccc7c(c8ccccc8n7-c7ccccc7)c65)n4)cccc23)cc1. The zero-order chi connectivity index (χ0) is 37.5. The summed E-state index contributed by atoms with van der Waals surface area (Å²) in [6.07, 6.45) is 0. The van der Waals surface area contributed by atoms with Crippen LogP contribution >= 0.6 is 0 Å². The van der Waals surface area contributed by atoms with E-state index < -0.39 is 0 Å². The van der Waals surface area contributed by atoms with Gasteiger partial charge in [0.05, 0.1) is 27.6 Å². The van der Waals surface area contributed by atoms with Gasteiger partial charge in [-0.25, -0.2) is 4.98 Å². The lowest BCUT2D eigenvalue weighted by Crippen LogP contribution is -2.06. The standard InChI is InChI=1S/C51H31N5O/c1-4-15-32(16-5-1)34-27-28-37-39-23-14-24-41(48(39)57-45(37)31-34)50-52-49(33-17-6-2-7-18-33)53-51(54-50)56-42-25-12-10-21-36(42)38-29-30-44-46(47(38)56)40-22-11-13-26-43(40)55(44)35-19-8-3-9-20-35/h1-31H. The van der Waals surface area contributed by atoms with E-state index in [1.807, 2.05) is 42.5 Å². The Morgan fingerprint density at radius 1 is 0.386 bits per heavy atom. The number of aromatic nitrogens is 5. The summed E-state index contributed by atoms with van der Waals surface area (Å²) in [4.78, 5) is 15.9. The molecule has 4 aromatic heterocycles. The Morgan fingerprint density at radius 3 is 1.81 bits per heavy atom. The molecule has 0 radical (unpaired) electrons. The number of para-hydroxylation sites is 4. The van der Waals surface area contributed by atoms with Crippen LogP contribution in [0.25, 0.3) is 111 Å². The quantitative estimate of drug-likeness (QED) is 0.177. The van der Waals surface area contributed by atoms with Crippen LogP contribution in [0.2, 0.25) is 0 Å². The van der Waals surface area contributed by atoms with E-state index in [4.69, 9.17) is 19.4 Å². The van der Waals surface area contributed by atoms with E-state index in [9.17, 15) is 0 Å². The maximum Gasteiger partial charge on any atom is 0.238 e. The first-order valence-corrected chi connectivity index (χ1v) is 19.1. The molecule has 0 aliphatic carbocycles. The number of furan rings is 1. The first-order valence-electron chi connectivity index (χ1n) is 19.1. The second-order valence-corrected chi connectivity index (χ2v) is 14.4. The fourth-order valence-electron chi connectivity index (χ4n) is 8.66. The maximum absolute atomic E-state index is 6.76. The Kier molecular flexibility index (Phi) is 6.83. The molecule has 0 N–H and O–H groups in total. The van der Waals surface area contributed by atoms with Gasteiger partial charge in [0.2, 0.25) is 5.95 Å². The Hall–Kier alpha value is -7.83. The summed E-state index contributed by atoms with van der Waals surface area (Å²) in [5, 5.41) is 6.61. The van der Waals surface area contributed by atoms with Crippen molar-refractivity contribution in [2.45, 2.75) is 0 Å². The lowest BCUT2D eigenvalue weighted by Gasteiger charge is -2.12. The minimum Gasteiger partial charge on any atom is -0.455 e. The van der Waals surface area contributed by atoms with Gasteiger partial charge in [0.25, 0.3) is 0 Å². The Balaban J connectivity index is 1.17. The van der Waals surface area contributed by atoms with Gasteiger partial charge >= 0.3 is 0 Å². The molecule has 0 fully saturated rings. The van der Waals surface area contributed by atoms with E-state index in [0.29, 0.717) is 17.6 Å². The average molecular weight is 730 g/mol. The van der Waals surface area contributed by atoms with Crippen LogP contribution in [-0.2, 0) is 0 Å². The van der Waals surface area contributed by atoms with Crippen LogP contribution < -0.4 is 0 Å². The molecule has 4 heterocycles. The molecule has 6 heteroatoms. The number of nitrogens with zero attached hydrogens (tertiary/aromatic N) is 5. The van der Waals surface area contributed by atoms with Crippen molar-refractivity contribution in [3.63, 3.8) is 0 Å². The topological polar surface area (TPSA) is 61.7 Å². The molecule has 0 atom stereocenters. The predicted octanol–water partition coefficient (Wildman–Crippen LogP) is 13.0. The van der Waals surface area contributed by atoms with Crippen LogP contribution in [0.1, 0.15) is 0 Å². The van der Waals surface area contributed by atoms with Gasteiger partial charge < -0.3 is 8.98 Å². The Morgan fingerprint density at radius 2 is 1.02 bits per heavy atom. The molecule has 6 nitrogen and oxygen atoms in total. The molecule has 12 aromatic rings. The van der Waals surface area contributed by atoms with Crippen LogP contribution in [-0.4, -0.2) is 24.1 Å². The number of hydrogen-bond acceptors (Lipinski definition) is 4. The molecular weight excluding hydrogens is 699 g/mol. The summed E-state index contributed by atoms with van der Waals surface area (Å²) in [7, 11) is 0. The van der Waals surface area contributed by atoms with Crippen molar-refractivity contribution < 1.29 is 4.42 Å². The minimum absolute atomic E-state index is 0.536. The third kappa shape index (κ3) is 4.81. The van der Waals surface area contributed by atoms with Gasteiger partial charge in [-0.05, 0) is 59.7 Å². The second-order valence-electron chi connectivity index (χ2n) is 14.4. The van der Waals surface area contributed by atoms with E-state index >= 15 is 0 Å². The molecule has 0 saturated heterocycles. The lowest BCUT2D eigenvalue weighted by atomic mass is 10.0. The maximum atomic E-state index is 6.76. The summed E-state index contributed by atoms with van der Waals surface area (Å²) in [5.41, 5.74) is 10.9. The highest BCUT2D eigenvalue weighted by Crippen LogP contribution is 2.42. The average Bonchev–Trinajstić information content (AvgIpc) is 3.94. The van der Waals surface area contributed by atoms with Crippen LogP contribution in [0.5, 0.6) is 0 Å². The highest BCUT2D eigenvalue weighted by atomic mass is 16.3. The molecule has 57 heavy (non-hydrogen) atoms. The number of rotatable bonds is 5. The van der Waals surface area contributed by atoms with Gasteiger partial charge in [-0.2, -0.15) is 9.97 Å². The highest BCUT2D eigenvalue weighted by molar-refractivity contribution is 6.26. The van der Waals surface area contributed by atoms with Gasteiger partial charge in [-0.1, -0.05) is 140 Å². The van der Waals surface area contributed by atoms with Crippen LogP contribution in [0.15, 0.2) is 192 Å². The fourth-order valence-corrected chi connectivity index (χ4v) is 8.66. The smallest absolute Gasteiger partial charge is 0.238 e. The summed E-state index contributed by atoms with van der Waals surface area (Å²) < 4.78 is 11.3.